The molecule has 1 atom stereocenters. The van der Waals surface area contributed by atoms with Gasteiger partial charge in [0.15, 0.2) is 0 Å². The summed E-state index contributed by atoms with van der Waals surface area (Å²) in [6.07, 6.45) is 1.07. The first-order chi connectivity index (χ1) is 11.2. The van der Waals surface area contributed by atoms with Gasteiger partial charge >= 0.3 is 7.12 Å². The van der Waals surface area contributed by atoms with Gasteiger partial charge in [0, 0.05) is 10.4 Å². The fourth-order valence-corrected chi connectivity index (χ4v) is 4.62. The molecule has 1 unspecified atom stereocenters. The van der Waals surface area contributed by atoms with E-state index < -0.39 is 0 Å². The molecule has 24 heavy (non-hydrogen) atoms. The lowest BCUT2D eigenvalue weighted by Gasteiger charge is -2.32. The van der Waals surface area contributed by atoms with Crippen molar-refractivity contribution in [2.45, 2.75) is 65.1 Å². The highest BCUT2D eigenvalue weighted by Crippen LogP contribution is 2.42. The van der Waals surface area contributed by atoms with Crippen LogP contribution >= 0.6 is 11.3 Å². The Morgan fingerprint density at radius 2 is 1.83 bits per heavy atom. The Labute approximate surface area is 148 Å². The molecule has 0 amide bonds. The van der Waals surface area contributed by atoms with Crippen LogP contribution in [0.1, 0.15) is 56.0 Å². The van der Waals surface area contributed by atoms with Gasteiger partial charge in [0.05, 0.1) is 21.9 Å². The third kappa shape index (κ3) is 2.37. The summed E-state index contributed by atoms with van der Waals surface area (Å²) >= 11 is 1.83. The van der Waals surface area contributed by atoms with Gasteiger partial charge in [0.1, 0.15) is 0 Å². The van der Waals surface area contributed by atoms with E-state index in [4.69, 9.17) is 14.3 Å². The summed E-state index contributed by atoms with van der Waals surface area (Å²) in [6.45, 7) is 12.8. The maximum Gasteiger partial charge on any atom is 0.494 e. The number of fused-ring (bicyclic) bond motifs is 3. The Bertz CT molecular complexity index is 796. The third-order valence-electron chi connectivity index (χ3n) is 5.68. The summed E-state index contributed by atoms with van der Waals surface area (Å²) in [4.78, 5) is 6.17. The lowest BCUT2D eigenvalue weighted by Crippen LogP contribution is -2.41. The summed E-state index contributed by atoms with van der Waals surface area (Å²) in [6, 6.07) is 6.60. The summed E-state index contributed by atoms with van der Waals surface area (Å²) in [5.74, 6) is 0.495. The predicted molar refractivity (Wildman–Crippen MR) is 100 cm³/mol. The monoisotopic (exact) mass is 341 g/mol. The minimum Gasteiger partial charge on any atom is -0.399 e. The van der Waals surface area contributed by atoms with E-state index in [-0.39, 0.29) is 18.3 Å². The van der Waals surface area contributed by atoms with Gasteiger partial charge in [0.25, 0.3) is 0 Å². The Kier molecular flexibility index (Phi) is 3.51. The second kappa shape index (κ2) is 5.17. The van der Waals surface area contributed by atoms with E-state index in [0.717, 1.165) is 16.9 Å². The molecule has 0 N–H and O–H groups in total. The zero-order chi connectivity index (χ0) is 17.3. The number of rotatable bonds is 1. The van der Waals surface area contributed by atoms with Gasteiger partial charge in [-0.3, -0.25) is 0 Å². The molecule has 5 heteroatoms. The molecule has 1 saturated heterocycles. The van der Waals surface area contributed by atoms with Crippen LogP contribution < -0.4 is 5.46 Å². The van der Waals surface area contributed by atoms with Crippen molar-refractivity contribution < 1.29 is 9.31 Å². The normalized spacial score (nSPS) is 23.9. The highest BCUT2D eigenvalue weighted by atomic mass is 32.1. The van der Waals surface area contributed by atoms with E-state index >= 15 is 0 Å². The first-order valence-corrected chi connectivity index (χ1v) is 9.46. The Balaban J connectivity index is 1.74. The maximum absolute atomic E-state index is 6.21. The molecule has 2 heterocycles. The van der Waals surface area contributed by atoms with Crippen molar-refractivity contribution in [3.8, 4) is 11.3 Å². The molecule has 0 saturated carbocycles. The van der Waals surface area contributed by atoms with Crippen LogP contribution in [-0.2, 0) is 15.7 Å². The average Bonchev–Trinajstić information content (AvgIpc) is 2.95. The molecule has 3 nitrogen and oxygen atoms in total. The predicted octanol–water partition coefficient (Wildman–Crippen LogP) is 4.08. The van der Waals surface area contributed by atoms with Crippen LogP contribution in [0.25, 0.3) is 11.3 Å². The molecule has 0 radical (unpaired) electrons. The summed E-state index contributed by atoms with van der Waals surface area (Å²) < 4.78 is 12.4. The molecule has 2 aromatic rings. The SMILES string of the molecule is Cc1nc2c(s1)CC(C)c1cc(B3OC(C)(C)C(C)(C)O3)ccc1-2. The van der Waals surface area contributed by atoms with Gasteiger partial charge in [-0.05, 0) is 58.0 Å². The van der Waals surface area contributed by atoms with E-state index in [9.17, 15) is 0 Å². The van der Waals surface area contributed by atoms with Gasteiger partial charge in [-0.25, -0.2) is 4.98 Å². The average molecular weight is 341 g/mol. The minimum absolute atomic E-state index is 0.300. The van der Waals surface area contributed by atoms with Crippen molar-refractivity contribution in [2.24, 2.45) is 0 Å². The van der Waals surface area contributed by atoms with Crippen molar-refractivity contribution >= 4 is 23.9 Å². The topological polar surface area (TPSA) is 31.4 Å². The first-order valence-electron chi connectivity index (χ1n) is 8.64. The quantitative estimate of drug-likeness (QED) is 0.733. The van der Waals surface area contributed by atoms with Crippen molar-refractivity contribution in [1.82, 2.24) is 4.98 Å². The van der Waals surface area contributed by atoms with E-state index in [1.54, 1.807) is 0 Å². The Morgan fingerprint density at radius 3 is 2.50 bits per heavy atom. The van der Waals surface area contributed by atoms with Gasteiger partial charge in [-0.15, -0.1) is 11.3 Å². The summed E-state index contributed by atoms with van der Waals surface area (Å²) in [5.41, 5.74) is 4.30. The van der Waals surface area contributed by atoms with E-state index in [2.05, 4.69) is 59.7 Å². The van der Waals surface area contributed by atoms with E-state index in [1.807, 2.05) is 11.3 Å². The molecule has 4 rings (SSSR count). The van der Waals surface area contributed by atoms with Crippen LogP contribution in [0.5, 0.6) is 0 Å². The van der Waals surface area contributed by atoms with Crippen LogP contribution in [0.2, 0.25) is 0 Å². The lowest BCUT2D eigenvalue weighted by molar-refractivity contribution is 0.00578. The summed E-state index contributed by atoms with van der Waals surface area (Å²) in [5, 5.41) is 1.15. The van der Waals surface area contributed by atoms with Gasteiger partial charge in [0.2, 0.25) is 0 Å². The lowest BCUT2D eigenvalue weighted by atomic mass is 9.74. The van der Waals surface area contributed by atoms with Crippen LogP contribution in [0, 0.1) is 6.92 Å². The van der Waals surface area contributed by atoms with Crippen LogP contribution in [0.3, 0.4) is 0 Å². The molecular weight excluding hydrogens is 317 g/mol. The van der Waals surface area contributed by atoms with Crippen LogP contribution in [0.4, 0.5) is 0 Å². The van der Waals surface area contributed by atoms with Gasteiger partial charge < -0.3 is 9.31 Å². The Morgan fingerprint density at radius 1 is 1.17 bits per heavy atom. The Hall–Kier alpha value is -1.17. The van der Waals surface area contributed by atoms with Crippen molar-refractivity contribution in [3.05, 3.63) is 33.6 Å². The molecule has 1 aromatic carbocycles. The van der Waals surface area contributed by atoms with E-state index in [0.29, 0.717) is 5.92 Å². The largest absolute Gasteiger partial charge is 0.494 e. The number of nitrogens with zero attached hydrogens (tertiary/aromatic N) is 1. The van der Waals surface area contributed by atoms with Crippen molar-refractivity contribution in [2.75, 3.05) is 0 Å². The van der Waals surface area contributed by atoms with Gasteiger partial charge in [-0.1, -0.05) is 25.1 Å². The number of thiazole rings is 1. The minimum atomic E-state index is -0.307. The summed E-state index contributed by atoms with van der Waals surface area (Å²) in [7, 11) is -0.300. The molecule has 126 valence electrons. The van der Waals surface area contributed by atoms with Crippen LogP contribution in [0.15, 0.2) is 18.2 Å². The van der Waals surface area contributed by atoms with Crippen LogP contribution in [-0.4, -0.2) is 23.3 Å². The number of aryl methyl sites for hydroxylation is 1. The molecular formula is C19H24BNO2S. The molecule has 0 bridgehead atoms. The molecule has 2 aliphatic rings. The third-order valence-corrected chi connectivity index (χ3v) is 6.68. The first kappa shape index (κ1) is 16.3. The zero-order valence-corrected chi connectivity index (χ0v) is 16.1. The zero-order valence-electron chi connectivity index (χ0n) is 15.3. The molecule has 1 aliphatic carbocycles. The molecule has 1 aromatic heterocycles. The van der Waals surface area contributed by atoms with E-state index in [1.165, 1.54) is 21.7 Å². The number of benzene rings is 1. The molecule has 0 spiro atoms. The standard InChI is InChI=1S/C19H24BNO2S/c1-11-9-16-17(21-12(2)24-16)14-8-7-13(10-15(11)14)20-22-18(3,4)19(5,6)23-20/h7-8,10-11H,9H2,1-6H3. The second-order valence-electron chi connectivity index (χ2n) is 8.04. The van der Waals surface area contributed by atoms with Gasteiger partial charge in [-0.2, -0.15) is 0 Å². The number of hydrogen-bond donors (Lipinski definition) is 0. The van der Waals surface area contributed by atoms with Crippen molar-refractivity contribution in [1.29, 1.82) is 0 Å². The fraction of sp³-hybridized carbons (Fsp3) is 0.526. The second-order valence-corrected chi connectivity index (χ2v) is 9.33. The smallest absolute Gasteiger partial charge is 0.399 e. The molecule has 1 aliphatic heterocycles. The fourth-order valence-electron chi connectivity index (χ4n) is 3.54. The van der Waals surface area contributed by atoms with Crippen molar-refractivity contribution in [3.63, 3.8) is 0 Å². The highest BCUT2D eigenvalue weighted by Gasteiger charge is 2.51. The highest BCUT2D eigenvalue weighted by molar-refractivity contribution is 7.12. The maximum atomic E-state index is 6.21. The number of aromatic nitrogens is 1. The number of hydrogen-bond acceptors (Lipinski definition) is 4. The molecule has 1 fully saturated rings.